The second-order valence-electron chi connectivity index (χ2n) is 5.59. The molecule has 24 heavy (non-hydrogen) atoms. The van der Waals surface area contributed by atoms with Crippen LogP contribution in [0.2, 0.25) is 5.02 Å². The van der Waals surface area contributed by atoms with Gasteiger partial charge in [0.25, 0.3) is 0 Å². The summed E-state index contributed by atoms with van der Waals surface area (Å²) in [6, 6.07) is 14.6. The average molecular weight is 338 g/mol. The topological polar surface area (TPSA) is 30.7 Å². The number of benzene rings is 2. The Labute approximate surface area is 143 Å². The summed E-state index contributed by atoms with van der Waals surface area (Å²) in [4.78, 5) is 8.83. The molecule has 0 amide bonds. The lowest BCUT2D eigenvalue weighted by molar-refractivity contribution is 0.628. The molecule has 0 aliphatic carbocycles. The van der Waals surface area contributed by atoms with Gasteiger partial charge in [0.15, 0.2) is 0 Å². The minimum absolute atomic E-state index is 0.0891. The Morgan fingerprint density at radius 3 is 2.67 bits per heavy atom. The molecule has 0 spiro atoms. The molecule has 0 saturated heterocycles. The number of hydrogen-bond donors (Lipinski definition) is 0. The van der Waals surface area contributed by atoms with Crippen molar-refractivity contribution in [1.82, 2.24) is 14.5 Å². The number of halogens is 2. The number of hydrogen-bond acceptors (Lipinski definition) is 2. The zero-order valence-corrected chi connectivity index (χ0v) is 13.6. The maximum Gasteiger partial charge on any atom is 0.141 e. The van der Waals surface area contributed by atoms with Crippen molar-refractivity contribution in [2.45, 2.75) is 0 Å². The van der Waals surface area contributed by atoms with E-state index in [0.29, 0.717) is 0 Å². The van der Waals surface area contributed by atoms with Crippen molar-refractivity contribution >= 4 is 22.6 Å². The van der Waals surface area contributed by atoms with Gasteiger partial charge in [0.2, 0.25) is 0 Å². The maximum absolute atomic E-state index is 13.5. The second kappa shape index (κ2) is 5.73. The van der Waals surface area contributed by atoms with Crippen molar-refractivity contribution in [3.05, 3.63) is 71.9 Å². The third kappa shape index (κ3) is 2.45. The quantitative estimate of drug-likeness (QED) is 0.510. The van der Waals surface area contributed by atoms with E-state index in [2.05, 4.69) is 16.0 Å². The lowest BCUT2D eigenvalue weighted by Crippen LogP contribution is -1.91. The number of fused-ring (bicyclic) bond motifs is 1. The van der Waals surface area contributed by atoms with E-state index in [1.165, 1.54) is 6.07 Å². The van der Waals surface area contributed by atoms with Gasteiger partial charge in [-0.2, -0.15) is 0 Å². The maximum atomic E-state index is 13.5. The Hall–Kier alpha value is -2.72. The third-order valence-corrected chi connectivity index (χ3v) is 4.33. The van der Waals surface area contributed by atoms with Gasteiger partial charge in [-0.3, -0.25) is 4.98 Å². The highest BCUT2D eigenvalue weighted by Crippen LogP contribution is 2.33. The molecule has 0 N–H and O–H groups in total. The predicted molar refractivity (Wildman–Crippen MR) is 94.3 cm³/mol. The summed E-state index contributed by atoms with van der Waals surface area (Å²) < 4.78 is 15.4. The van der Waals surface area contributed by atoms with Crippen LogP contribution in [-0.2, 0) is 7.05 Å². The van der Waals surface area contributed by atoms with Crippen molar-refractivity contribution in [2.75, 3.05) is 0 Å². The molecular weight excluding hydrogens is 325 g/mol. The Morgan fingerprint density at radius 1 is 1.00 bits per heavy atom. The van der Waals surface area contributed by atoms with Crippen molar-refractivity contribution in [3.8, 4) is 22.4 Å². The lowest BCUT2D eigenvalue weighted by Gasteiger charge is -2.10. The molecule has 0 radical (unpaired) electrons. The summed E-state index contributed by atoms with van der Waals surface area (Å²) in [6.07, 6.45) is 3.51. The monoisotopic (exact) mass is 337 g/mol. The molecule has 4 aromatic rings. The average Bonchev–Trinajstić information content (AvgIpc) is 2.98. The van der Waals surface area contributed by atoms with Gasteiger partial charge in [0, 0.05) is 24.4 Å². The lowest BCUT2D eigenvalue weighted by atomic mass is 9.99. The Kier molecular flexibility index (Phi) is 3.54. The van der Waals surface area contributed by atoms with E-state index < -0.39 is 5.82 Å². The first-order valence-corrected chi connectivity index (χ1v) is 7.83. The highest BCUT2D eigenvalue weighted by atomic mass is 35.5. The first-order valence-electron chi connectivity index (χ1n) is 7.45. The smallest absolute Gasteiger partial charge is 0.141 e. The zero-order chi connectivity index (χ0) is 16.7. The van der Waals surface area contributed by atoms with Crippen LogP contribution in [0.5, 0.6) is 0 Å². The van der Waals surface area contributed by atoms with Crippen LogP contribution < -0.4 is 0 Å². The molecule has 0 atom stereocenters. The standard InChI is InChI=1S/C19H13ClFN3/c1-24-11-23-17-7-5-12(10-18(17)24)14-3-2-8-22-19(14)13-4-6-16(21)15(20)9-13/h2-11H,1H3. The number of aromatic nitrogens is 3. The summed E-state index contributed by atoms with van der Waals surface area (Å²) in [7, 11) is 1.96. The number of nitrogens with zero attached hydrogens (tertiary/aromatic N) is 3. The first kappa shape index (κ1) is 14.8. The molecule has 5 heteroatoms. The van der Waals surface area contributed by atoms with Crippen molar-refractivity contribution in [2.24, 2.45) is 7.05 Å². The molecule has 2 heterocycles. The third-order valence-electron chi connectivity index (χ3n) is 4.04. The zero-order valence-electron chi connectivity index (χ0n) is 12.9. The van der Waals surface area contributed by atoms with Crippen molar-refractivity contribution in [1.29, 1.82) is 0 Å². The largest absolute Gasteiger partial charge is 0.334 e. The minimum Gasteiger partial charge on any atom is -0.334 e. The summed E-state index contributed by atoms with van der Waals surface area (Å²) >= 11 is 5.93. The first-order chi connectivity index (χ1) is 11.6. The molecule has 118 valence electrons. The SMILES string of the molecule is Cn1cnc2ccc(-c3cccnc3-c3ccc(F)c(Cl)c3)cc21. The van der Waals surface area contributed by atoms with Gasteiger partial charge in [-0.25, -0.2) is 9.37 Å². The van der Waals surface area contributed by atoms with Gasteiger partial charge in [-0.05, 0) is 42.0 Å². The molecule has 0 aliphatic heterocycles. The Morgan fingerprint density at radius 2 is 1.83 bits per heavy atom. The van der Waals surface area contributed by atoms with Crippen LogP contribution in [0.1, 0.15) is 0 Å². The van der Waals surface area contributed by atoms with Crippen LogP contribution in [0.4, 0.5) is 4.39 Å². The summed E-state index contributed by atoms with van der Waals surface area (Å²) in [6.45, 7) is 0. The van der Waals surface area contributed by atoms with Crippen LogP contribution >= 0.6 is 11.6 Å². The number of rotatable bonds is 2. The van der Waals surface area contributed by atoms with E-state index >= 15 is 0 Å². The number of imidazole rings is 1. The molecule has 0 saturated carbocycles. The van der Waals surface area contributed by atoms with E-state index in [1.807, 2.05) is 35.9 Å². The van der Waals surface area contributed by atoms with Crippen LogP contribution in [0.15, 0.2) is 61.1 Å². The fraction of sp³-hybridized carbons (Fsp3) is 0.0526. The number of pyridine rings is 1. The molecule has 2 aromatic heterocycles. The second-order valence-corrected chi connectivity index (χ2v) is 5.99. The van der Waals surface area contributed by atoms with Gasteiger partial charge >= 0.3 is 0 Å². The van der Waals surface area contributed by atoms with E-state index in [1.54, 1.807) is 24.7 Å². The Bertz CT molecular complexity index is 1060. The van der Waals surface area contributed by atoms with Crippen LogP contribution in [0, 0.1) is 5.82 Å². The van der Waals surface area contributed by atoms with Crippen LogP contribution in [0.25, 0.3) is 33.4 Å². The number of aryl methyl sites for hydroxylation is 1. The van der Waals surface area contributed by atoms with Gasteiger partial charge < -0.3 is 4.57 Å². The molecule has 4 rings (SSSR count). The van der Waals surface area contributed by atoms with E-state index in [-0.39, 0.29) is 5.02 Å². The van der Waals surface area contributed by atoms with Crippen molar-refractivity contribution < 1.29 is 4.39 Å². The molecule has 2 aromatic carbocycles. The van der Waals surface area contributed by atoms with E-state index in [9.17, 15) is 4.39 Å². The van der Waals surface area contributed by atoms with Crippen molar-refractivity contribution in [3.63, 3.8) is 0 Å². The van der Waals surface area contributed by atoms with Crippen LogP contribution in [0.3, 0.4) is 0 Å². The summed E-state index contributed by atoms with van der Waals surface area (Å²) in [5.41, 5.74) is 5.51. The van der Waals surface area contributed by atoms with Crippen LogP contribution in [-0.4, -0.2) is 14.5 Å². The molecule has 0 fully saturated rings. The Balaban J connectivity index is 1.91. The van der Waals surface area contributed by atoms with Gasteiger partial charge in [0.05, 0.1) is 28.1 Å². The minimum atomic E-state index is -0.436. The molecular formula is C19H13ClFN3. The normalized spacial score (nSPS) is 11.1. The summed E-state index contributed by atoms with van der Waals surface area (Å²) in [5.74, 6) is -0.436. The fourth-order valence-corrected chi connectivity index (χ4v) is 2.99. The molecule has 0 aliphatic rings. The van der Waals surface area contributed by atoms with E-state index in [4.69, 9.17) is 11.6 Å². The predicted octanol–water partition coefficient (Wildman–Crippen LogP) is 5.09. The molecule has 0 unspecified atom stereocenters. The molecule has 3 nitrogen and oxygen atoms in total. The fourth-order valence-electron chi connectivity index (χ4n) is 2.81. The highest BCUT2D eigenvalue weighted by Gasteiger charge is 2.12. The van der Waals surface area contributed by atoms with Gasteiger partial charge in [-0.1, -0.05) is 23.7 Å². The van der Waals surface area contributed by atoms with E-state index in [0.717, 1.165) is 33.4 Å². The van der Waals surface area contributed by atoms with Gasteiger partial charge in [0.1, 0.15) is 5.82 Å². The summed E-state index contributed by atoms with van der Waals surface area (Å²) in [5, 5.41) is 0.0891. The molecule has 0 bridgehead atoms. The van der Waals surface area contributed by atoms with Gasteiger partial charge in [-0.15, -0.1) is 0 Å². The highest BCUT2D eigenvalue weighted by molar-refractivity contribution is 6.31.